The first-order valence-electron chi connectivity index (χ1n) is 8.26. The van der Waals surface area contributed by atoms with Crippen molar-refractivity contribution in [2.24, 2.45) is 0 Å². The molecule has 1 atom stereocenters. The van der Waals surface area contributed by atoms with Gasteiger partial charge in [0.25, 0.3) is 0 Å². The van der Waals surface area contributed by atoms with E-state index < -0.39 is 0 Å². The zero-order chi connectivity index (χ0) is 16.4. The Hall–Kier alpha value is -1.91. The summed E-state index contributed by atoms with van der Waals surface area (Å²) in [5, 5.41) is 4.23. The van der Waals surface area contributed by atoms with E-state index in [0.29, 0.717) is 6.42 Å². The highest BCUT2D eigenvalue weighted by Gasteiger charge is 2.32. The zero-order valence-corrected chi connectivity index (χ0v) is 15.0. The van der Waals surface area contributed by atoms with Gasteiger partial charge < -0.3 is 4.90 Å². The Kier molecular flexibility index (Phi) is 4.50. The maximum absolute atomic E-state index is 12.9. The van der Waals surface area contributed by atoms with E-state index in [2.05, 4.69) is 58.1 Å². The molecule has 1 aliphatic heterocycles. The second-order valence-corrected chi connectivity index (χ2v) is 8.06. The number of hydrogen-bond acceptors (Lipinski definition) is 3. The maximum Gasteiger partial charge on any atom is 0.223 e. The average Bonchev–Trinajstić information content (AvgIpc) is 3.30. The third-order valence-electron chi connectivity index (χ3n) is 4.57. The van der Waals surface area contributed by atoms with Gasteiger partial charge in [0.1, 0.15) is 0 Å². The second kappa shape index (κ2) is 6.91. The van der Waals surface area contributed by atoms with Crippen molar-refractivity contribution < 1.29 is 4.79 Å². The number of carbonyl (C=O) groups excluding carboxylic acids is 1. The van der Waals surface area contributed by atoms with Crippen LogP contribution in [0, 0.1) is 0 Å². The van der Waals surface area contributed by atoms with Gasteiger partial charge in [-0.2, -0.15) is 0 Å². The number of benzene rings is 1. The molecule has 2 nitrogen and oxygen atoms in total. The molecule has 24 heavy (non-hydrogen) atoms. The van der Waals surface area contributed by atoms with Crippen molar-refractivity contribution in [3.63, 3.8) is 0 Å². The van der Waals surface area contributed by atoms with E-state index in [9.17, 15) is 4.79 Å². The first kappa shape index (κ1) is 15.6. The molecule has 0 saturated carbocycles. The van der Waals surface area contributed by atoms with Gasteiger partial charge in [0.15, 0.2) is 0 Å². The van der Waals surface area contributed by atoms with Gasteiger partial charge in [-0.3, -0.25) is 4.79 Å². The van der Waals surface area contributed by atoms with E-state index in [-0.39, 0.29) is 11.9 Å². The molecule has 0 fully saturated rings. The Labute approximate surface area is 150 Å². The van der Waals surface area contributed by atoms with Gasteiger partial charge in [-0.15, -0.1) is 22.7 Å². The average molecular weight is 354 g/mol. The molecule has 0 saturated heterocycles. The molecule has 1 unspecified atom stereocenters. The van der Waals surface area contributed by atoms with Crippen molar-refractivity contribution in [3.8, 4) is 0 Å². The molecule has 1 amide bonds. The van der Waals surface area contributed by atoms with E-state index in [1.165, 1.54) is 20.9 Å². The lowest BCUT2D eigenvalue weighted by molar-refractivity contribution is -0.133. The summed E-state index contributed by atoms with van der Waals surface area (Å²) in [6.07, 6.45) is 2.40. The predicted octanol–water partition coefficient (Wildman–Crippen LogP) is 4.92. The summed E-state index contributed by atoms with van der Waals surface area (Å²) in [7, 11) is 0. The number of aryl methyl sites for hydroxylation is 1. The molecule has 0 N–H and O–H groups in total. The van der Waals surface area contributed by atoms with E-state index in [0.717, 1.165) is 19.4 Å². The number of thiophene rings is 2. The predicted molar refractivity (Wildman–Crippen MR) is 101 cm³/mol. The van der Waals surface area contributed by atoms with Crippen LogP contribution in [0.15, 0.2) is 59.3 Å². The van der Waals surface area contributed by atoms with Gasteiger partial charge in [0.2, 0.25) is 5.91 Å². The highest BCUT2D eigenvalue weighted by molar-refractivity contribution is 7.10. The molecule has 0 aliphatic carbocycles. The molecular formula is C20H19NOS2. The van der Waals surface area contributed by atoms with Crippen molar-refractivity contribution in [1.82, 2.24) is 4.90 Å². The van der Waals surface area contributed by atoms with Crippen molar-refractivity contribution in [3.05, 3.63) is 80.2 Å². The molecule has 122 valence electrons. The van der Waals surface area contributed by atoms with E-state index >= 15 is 0 Å². The van der Waals surface area contributed by atoms with Crippen molar-refractivity contribution in [2.45, 2.75) is 25.3 Å². The summed E-state index contributed by atoms with van der Waals surface area (Å²) < 4.78 is 0. The van der Waals surface area contributed by atoms with Gasteiger partial charge in [-0.25, -0.2) is 0 Å². The second-order valence-electron chi connectivity index (χ2n) is 6.03. The fraction of sp³-hybridized carbons (Fsp3) is 0.250. The monoisotopic (exact) mass is 353 g/mol. The van der Waals surface area contributed by atoms with Gasteiger partial charge >= 0.3 is 0 Å². The molecule has 4 rings (SSSR count). The number of rotatable bonds is 4. The summed E-state index contributed by atoms with van der Waals surface area (Å²) in [6, 6.07) is 16.8. The summed E-state index contributed by atoms with van der Waals surface area (Å²) in [5.74, 6) is 0.258. The minimum absolute atomic E-state index is 0.0667. The molecule has 0 radical (unpaired) electrons. The van der Waals surface area contributed by atoms with Crippen LogP contribution in [0.2, 0.25) is 0 Å². The minimum Gasteiger partial charge on any atom is -0.331 e. The quantitative estimate of drug-likeness (QED) is 0.652. The number of carbonyl (C=O) groups is 1. The Morgan fingerprint density at radius 1 is 1.04 bits per heavy atom. The zero-order valence-electron chi connectivity index (χ0n) is 13.4. The fourth-order valence-electron chi connectivity index (χ4n) is 3.41. The van der Waals surface area contributed by atoms with Crippen LogP contribution in [-0.2, 0) is 17.6 Å². The van der Waals surface area contributed by atoms with Crippen LogP contribution < -0.4 is 0 Å². The number of hydrogen-bond donors (Lipinski definition) is 0. The summed E-state index contributed by atoms with van der Waals surface area (Å²) >= 11 is 3.54. The van der Waals surface area contributed by atoms with Crippen LogP contribution in [0.5, 0.6) is 0 Å². The van der Waals surface area contributed by atoms with Crippen LogP contribution in [-0.4, -0.2) is 17.4 Å². The fourth-order valence-corrected chi connectivity index (χ4v) is 5.02. The third-order valence-corrected chi connectivity index (χ3v) is 6.50. The first-order valence-corrected chi connectivity index (χ1v) is 10.0. The van der Waals surface area contributed by atoms with Crippen LogP contribution in [0.3, 0.4) is 0 Å². The molecule has 4 heteroatoms. The molecule has 0 bridgehead atoms. The Bertz CT molecular complexity index is 807. The number of fused-ring (bicyclic) bond motifs is 1. The van der Waals surface area contributed by atoms with Gasteiger partial charge in [-0.1, -0.05) is 36.4 Å². The summed E-state index contributed by atoms with van der Waals surface area (Å²) in [4.78, 5) is 17.7. The van der Waals surface area contributed by atoms with Crippen LogP contribution in [0.25, 0.3) is 0 Å². The van der Waals surface area contributed by atoms with Gasteiger partial charge in [-0.05, 0) is 46.9 Å². The normalized spacial score (nSPS) is 16.8. The lowest BCUT2D eigenvalue weighted by Gasteiger charge is -2.36. The van der Waals surface area contributed by atoms with E-state index in [4.69, 9.17) is 0 Å². The lowest BCUT2D eigenvalue weighted by atomic mass is 9.93. The van der Waals surface area contributed by atoms with Crippen LogP contribution in [0.4, 0.5) is 0 Å². The first-order chi connectivity index (χ1) is 11.8. The minimum atomic E-state index is 0.0667. The smallest absolute Gasteiger partial charge is 0.223 e. The van der Waals surface area contributed by atoms with Crippen LogP contribution in [0.1, 0.15) is 33.3 Å². The Balaban J connectivity index is 1.60. The van der Waals surface area contributed by atoms with Crippen molar-refractivity contribution in [2.75, 3.05) is 6.54 Å². The van der Waals surface area contributed by atoms with Gasteiger partial charge in [0.05, 0.1) is 6.04 Å². The molecule has 0 spiro atoms. The number of nitrogens with zero attached hydrogens (tertiary/aromatic N) is 1. The molecule has 1 aromatic carbocycles. The topological polar surface area (TPSA) is 20.3 Å². The van der Waals surface area contributed by atoms with E-state index in [1.54, 1.807) is 11.3 Å². The SMILES string of the molecule is O=C(CCc1cccs1)N1CCc2sccc2C1c1ccccc1. The molecule has 3 aromatic rings. The molecule has 3 heterocycles. The molecule has 1 aliphatic rings. The standard InChI is InChI=1S/C20H19NOS2/c22-19(9-8-16-7-4-13-23-16)21-12-10-18-17(11-14-24-18)20(21)15-5-2-1-3-6-15/h1-7,11,13-14,20H,8-10,12H2. The van der Waals surface area contributed by atoms with Gasteiger partial charge in [0, 0.05) is 22.7 Å². The van der Waals surface area contributed by atoms with Crippen molar-refractivity contribution >= 4 is 28.6 Å². The Morgan fingerprint density at radius 2 is 1.92 bits per heavy atom. The third kappa shape index (κ3) is 3.04. The van der Waals surface area contributed by atoms with Crippen molar-refractivity contribution in [1.29, 1.82) is 0 Å². The summed E-state index contributed by atoms with van der Waals surface area (Å²) in [5.41, 5.74) is 2.52. The maximum atomic E-state index is 12.9. The molecule has 2 aromatic heterocycles. The summed E-state index contributed by atoms with van der Waals surface area (Å²) in [6.45, 7) is 0.816. The largest absolute Gasteiger partial charge is 0.331 e. The Morgan fingerprint density at radius 3 is 2.71 bits per heavy atom. The highest BCUT2D eigenvalue weighted by atomic mass is 32.1. The van der Waals surface area contributed by atoms with Crippen LogP contribution >= 0.6 is 22.7 Å². The van der Waals surface area contributed by atoms with E-state index in [1.807, 2.05) is 17.4 Å². The highest BCUT2D eigenvalue weighted by Crippen LogP contribution is 2.38. The molecular weight excluding hydrogens is 334 g/mol. The number of amides is 1. The lowest BCUT2D eigenvalue weighted by Crippen LogP contribution is -2.40.